The SMILES string of the molecule is O=C(NCC1CCCO1)c1cnc(-c2ccccc2)nc1. The molecule has 1 aliphatic heterocycles. The minimum absolute atomic E-state index is 0.137. The molecule has 2 aromatic rings. The Labute approximate surface area is 123 Å². The molecule has 1 amide bonds. The van der Waals surface area contributed by atoms with Crippen molar-refractivity contribution in [2.75, 3.05) is 13.2 Å². The Balaban J connectivity index is 1.62. The third kappa shape index (κ3) is 3.44. The zero-order chi connectivity index (χ0) is 14.5. The fraction of sp³-hybridized carbons (Fsp3) is 0.312. The first-order valence-corrected chi connectivity index (χ1v) is 7.10. The van der Waals surface area contributed by atoms with Gasteiger partial charge in [0.25, 0.3) is 5.91 Å². The van der Waals surface area contributed by atoms with Crippen molar-refractivity contribution in [1.82, 2.24) is 15.3 Å². The second-order valence-electron chi connectivity index (χ2n) is 5.01. The number of carbonyl (C=O) groups is 1. The molecule has 5 nitrogen and oxygen atoms in total. The van der Waals surface area contributed by atoms with Crippen LogP contribution in [0.3, 0.4) is 0 Å². The van der Waals surface area contributed by atoms with Crippen LogP contribution in [0, 0.1) is 0 Å². The largest absolute Gasteiger partial charge is 0.376 e. The standard InChI is InChI=1S/C16H17N3O2/c20-16(19-11-14-7-4-8-21-14)13-9-17-15(18-10-13)12-5-2-1-3-6-12/h1-3,5-6,9-10,14H,4,7-8,11H2,(H,19,20). The van der Waals surface area contributed by atoms with Crippen molar-refractivity contribution in [3.8, 4) is 11.4 Å². The molecule has 1 aliphatic rings. The van der Waals surface area contributed by atoms with Gasteiger partial charge in [-0.2, -0.15) is 0 Å². The lowest BCUT2D eigenvalue weighted by Crippen LogP contribution is -2.31. The van der Waals surface area contributed by atoms with E-state index in [1.54, 1.807) is 12.4 Å². The molecule has 2 heterocycles. The molecule has 0 saturated carbocycles. The lowest BCUT2D eigenvalue weighted by molar-refractivity contribution is 0.0857. The molecular weight excluding hydrogens is 266 g/mol. The van der Waals surface area contributed by atoms with Crippen molar-refractivity contribution in [3.05, 3.63) is 48.3 Å². The first-order chi connectivity index (χ1) is 10.3. The number of hydrogen-bond acceptors (Lipinski definition) is 4. The number of aromatic nitrogens is 2. The van der Waals surface area contributed by atoms with E-state index >= 15 is 0 Å². The fourth-order valence-electron chi connectivity index (χ4n) is 2.30. The molecule has 21 heavy (non-hydrogen) atoms. The Hall–Kier alpha value is -2.27. The van der Waals surface area contributed by atoms with Crippen molar-refractivity contribution in [2.24, 2.45) is 0 Å². The zero-order valence-electron chi connectivity index (χ0n) is 11.7. The monoisotopic (exact) mass is 283 g/mol. The summed E-state index contributed by atoms with van der Waals surface area (Å²) in [7, 11) is 0. The molecule has 1 N–H and O–H groups in total. The van der Waals surface area contributed by atoms with Crippen molar-refractivity contribution in [2.45, 2.75) is 18.9 Å². The maximum Gasteiger partial charge on any atom is 0.254 e. The van der Waals surface area contributed by atoms with E-state index in [1.165, 1.54) is 0 Å². The normalized spacial score (nSPS) is 17.6. The van der Waals surface area contributed by atoms with Crippen molar-refractivity contribution in [3.63, 3.8) is 0 Å². The molecule has 3 rings (SSSR count). The average Bonchev–Trinajstić information content (AvgIpc) is 3.07. The van der Waals surface area contributed by atoms with Gasteiger partial charge in [0, 0.05) is 31.1 Å². The number of rotatable bonds is 4. The van der Waals surface area contributed by atoms with Crippen LogP contribution in [0.2, 0.25) is 0 Å². The van der Waals surface area contributed by atoms with E-state index in [-0.39, 0.29) is 12.0 Å². The van der Waals surface area contributed by atoms with Gasteiger partial charge in [-0.25, -0.2) is 9.97 Å². The lowest BCUT2D eigenvalue weighted by atomic mass is 10.2. The van der Waals surface area contributed by atoms with Gasteiger partial charge in [0.2, 0.25) is 0 Å². The van der Waals surface area contributed by atoms with Crippen LogP contribution in [0.1, 0.15) is 23.2 Å². The molecule has 1 unspecified atom stereocenters. The van der Waals surface area contributed by atoms with Gasteiger partial charge >= 0.3 is 0 Å². The summed E-state index contributed by atoms with van der Waals surface area (Å²) in [5.41, 5.74) is 1.40. The minimum Gasteiger partial charge on any atom is -0.376 e. The number of carbonyl (C=O) groups excluding carboxylic acids is 1. The Morgan fingerprint density at radius 2 is 2.00 bits per heavy atom. The minimum atomic E-state index is -0.162. The molecule has 0 aliphatic carbocycles. The van der Waals surface area contributed by atoms with Crippen LogP contribution < -0.4 is 5.32 Å². The van der Waals surface area contributed by atoms with Crippen LogP contribution in [0.5, 0.6) is 0 Å². The van der Waals surface area contributed by atoms with E-state index in [9.17, 15) is 4.79 Å². The molecule has 0 radical (unpaired) electrons. The zero-order valence-corrected chi connectivity index (χ0v) is 11.7. The molecule has 1 aromatic heterocycles. The highest BCUT2D eigenvalue weighted by molar-refractivity contribution is 5.93. The predicted octanol–water partition coefficient (Wildman–Crippen LogP) is 2.05. The van der Waals surface area contributed by atoms with Crippen LogP contribution >= 0.6 is 0 Å². The molecule has 1 saturated heterocycles. The lowest BCUT2D eigenvalue weighted by Gasteiger charge is -2.10. The van der Waals surface area contributed by atoms with Crippen molar-refractivity contribution in [1.29, 1.82) is 0 Å². The topological polar surface area (TPSA) is 64.1 Å². The van der Waals surface area contributed by atoms with Crippen LogP contribution in [0.25, 0.3) is 11.4 Å². The Morgan fingerprint density at radius 3 is 2.67 bits per heavy atom. The first-order valence-electron chi connectivity index (χ1n) is 7.10. The van der Waals surface area contributed by atoms with E-state index in [0.717, 1.165) is 25.0 Å². The van der Waals surface area contributed by atoms with Crippen LogP contribution in [-0.4, -0.2) is 35.1 Å². The van der Waals surface area contributed by atoms with E-state index in [1.807, 2.05) is 30.3 Å². The summed E-state index contributed by atoms with van der Waals surface area (Å²) in [6.45, 7) is 1.33. The highest BCUT2D eigenvalue weighted by atomic mass is 16.5. The van der Waals surface area contributed by atoms with Gasteiger partial charge in [-0.3, -0.25) is 4.79 Å². The molecule has 5 heteroatoms. The molecule has 1 aromatic carbocycles. The highest BCUT2D eigenvalue weighted by Gasteiger charge is 2.17. The molecule has 1 atom stereocenters. The van der Waals surface area contributed by atoms with Gasteiger partial charge in [-0.05, 0) is 12.8 Å². The number of benzene rings is 1. The fourth-order valence-corrected chi connectivity index (χ4v) is 2.30. The van der Waals surface area contributed by atoms with Crippen molar-refractivity contribution >= 4 is 5.91 Å². The summed E-state index contributed by atoms with van der Waals surface area (Å²) in [5, 5.41) is 2.86. The smallest absolute Gasteiger partial charge is 0.254 e. The number of amides is 1. The summed E-state index contributed by atoms with van der Waals surface area (Å²) >= 11 is 0. The van der Waals surface area contributed by atoms with Gasteiger partial charge in [-0.1, -0.05) is 30.3 Å². The molecule has 0 spiro atoms. The maximum absolute atomic E-state index is 12.0. The molecule has 1 fully saturated rings. The van der Waals surface area contributed by atoms with E-state index < -0.39 is 0 Å². The Morgan fingerprint density at radius 1 is 1.24 bits per heavy atom. The molecule has 0 bridgehead atoms. The van der Waals surface area contributed by atoms with Gasteiger partial charge in [-0.15, -0.1) is 0 Å². The number of nitrogens with zero attached hydrogens (tertiary/aromatic N) is 2. The molecular formula is C16H17N3O2. The quantitative estimate of drug-likeness (QED) is 0.932. The maximum atomic E-state index is 12.0. The number of nitrogens with one attached hydrogen (secondary N) is 1. The summed E-state index contributed by atoms with van der Waals surface area (Å²) < 4.78 is 5.47. The third-order valence-electron chi connectivity index (χ3n) is 3.46. The predicted molar refractivity (Wildman–Crippen MR) is 78.8 cm³/mol. The average molecular weight is 283 g/mol. The van der Waals surface area contributed by atoms with Gasteiger partial charge in [0.1, 0.15) is 0 Å². The summed E-state index contributed by atoms with van der Waals surface area (Å²) in [5.74, 6) is 0.455. The highest BCUT2D eigenvalue weighted by Crippen LogP contribution is 2.13. The third-order valence-corrected chi connectivity index (χ3v) is 3.46. The second-order valence-corrected chi connectivity index (χ2v) is 5.01. The van der Waals surface area contributed by atoms with E-state index in [0.29, 0.717) is 17.9 Å². The number of hydrogen-bond donors (Lipinski definition) is 1. The van der Waals surface area contributed by atoms with E-state index in [2.05, 4.69) is 15.3 Å². The Bertz CT molecular complexity index is 593. The van der Waals surface area contributed by atoms with Gasteiger partial charge in [0.05, 0.1) is 11.7 Å². The van der Waals surface area contributed by atoms with Crippen LogP contribution in [0.4, 0.5) is 0 Å². The first kappa shape index (κ1) is 13.7. The summed E-state index contributed by atoms with van der Waals surface area (Å²) in [6, 6.07) is 9.68. The summed E-state index contributed by atoms with van der Waals surface area (Å²) in [6.07, 6.45) is 5.32. The van der Waals surface area contributed by atoms with Crippen LogP contribution in [0.15, 0.2) is 42.7 Å². The Kier molecular flexibility index (Phi) is 4.21. The second kappa shape index (κ2) is 6.45. The van der Waals surface area contributed by atoms with E-state index in [4.69, 9.17) is 4.74 Å². The van der Waals surface area contributed by atoms with Crippen molar-refractivity contribution < 1.29 is 9.53 Å². The summed E-state index contributed by atoms with van der Waals surface area (Å²) in [4.78, 5) is 20.5. The number of ether oxygens (including phenoxy) is 1. The van der Waals surface area contributed by atoms with Crippen LogP contribution in [-0.2, 0) is 4.74 Å². The molecule has 108 valence electrons. The van der Waals surface area contributed by atoms with Gasteiger partial charge in [0.15, 0.2) is 5.82 Å². The van der Waals surface area contributed by atoms with Gasteiger partial charge < -0.3 is 10.1 Å².